The van der Waals surface area contributed by atoms with Crippen LogP contribution in [0.1, 0.15) is 0 Å². The molecule has 2 rings (SSSR count). The van der Waals surface area contributed by atoms with E-state index in [1.54, 1.807) is 12.1 Å². The zero-order valence-corrected chi connectivity index (χ0v) is 10.1. The number of sulfonamides is 1. The minimum absolute atomic E-state index is 0.213. The molecule has 0 aliphatic rings. The average molecular weight is 255 g/mol. The maximum Gasteiger partial charge on any atom is 0.240 e. The van der Waals surface area contributed by atoms with Gasteiger partial charge in [-0.2, -0.15) is 0 Å². The first-order valence-electron chi connectivity index (χ1n) is 5.05. The summed E-state index contributed by atoms with van der Waals surface area (Å²) in [6.45, 7) is 0.589. The van der Waals surface area contributed by atoms with Crippen LogP contribution in [0.15, 0.2) is 29.4 Å². The quantitative estimate of drug-likeness (QED) is 0.761. The lowest BCUT2D eigenvalue weighted by Gasteiger charge is -2.05. The van der Waals surface area contributed by atoms with Gasteiger partial charge in [0, 0.05) is 13.7 Å². The number of aromatic amines is 1. The van der Waals surface area contributed by atoms with Crippen molar-refractivity contribution in [3.8, 4) is 0 Å². The number of ether oxygens (including phenoxy) is 1. The predicted octanol–water partition coefficient (Wildman–Crippen LogP) is 0.488. The zero-order valence-electron chi connectivity index (χ0n) is 9.30. The van der Waals surface area contributed by atoms with Crippen LogP contribution in [0.5, 0.6) is 0 Å². The van der Waals surface area contributed by atoms with Crippen LogP contribution in [0.25, 0.3) is 11.0 Å². The first-order valence-corrected chi connectivity index (χ1v) is 6.53. The van der Waals surface area contributed by atoms with Gasteiger partial charge < -0.3 is 9.72 Å². The third kappa shape index (κ3) is 2.63. The lowest BCUT2D eigenvalue weighted by atomic mass is 10.3. The predicted molar refractivity (Wildman–Crippen MR) is 63.2 cm³/mol. The lowest BCUT2D eigenvalue weighted by molar-refractivity contribution is 0.204. The number of hydrogen-bond acceptors (Lipinski definition) is 4. The summed E-state index contributed by atoms with van der Waals surface area (Å²) in [7, 11) is -1.96. The van der Waals surface area contributed by atoms with Gasteiger partial charge in [-0.25, -0.2) is 18.1 Å². The molecule has 0 spiro atoms. The number of H-pyrrole nitrogens is 1. The number of rotatable bonds is 5. The van der Waals surface area contributed by atoms with E-state index in [1.807, 2.05) is 0 Å². The van der Waals surface area contributed by atoms with E-state index in [2.05, 4.69) is 14.7 Å². The summed E-state index contributed by atoms with van der Waals surface area (Å²) in [5.41, 5.74) is 1.43. The lowest BCUT2D eigenvalue weighted by Crippen LogP contribution is -2.27. The summed E-state index contributed by atoms with van der Waals surface area (Å²) in [4.78, 5) is 7.11. The van der Waals surface area contributed by atoms with Gasteiger partial charge in [-0.3, -0.25) is 0 Å². The molecule has 0 fully saturated rings. The Morgan fingerprint density at radius 3 is 3.06 bits per heavy atom. The largest absolute Gasteiger partial charge is 0.383 e. The molecular weight excluding hydrogens is 242 g/mol. The summed E-state index contributed by atoms with van der Waals surface area (Å²) >= 11 is 0. The standard InChI is InChI=1S/C10H13N3O3S/c1-16-5-4-13-17(14,15)8-2-3-9-10(6-8)12-7-11-9/h2-3,6-7,13H,4-5H2,1H3,(H,11,12). The highest BCUT2D eigenvalue weighted by atomic mass is 32.2. The van der Waals surface area contributed by atoms with Crippen LogP contribution < -0.4 is 4.72 Å². The zero-order chi connectivity index (χ0) is 12.3. The molecule has 2 aromatic rings. The molecule has 1 aromatic heterocycles. The molecule has 0 saturated heterocycles. The molecule has 1 heterocycles. The average Bonchev–Trinajstić information content (AvgIpc) is 2.76. The monoisotopic (exact) mass is 255 g/mol. The topological polar surface area (TPSA) is 84.1 Å². The van der Waals surface area contributed by atoms with Crippen LogP contribution in [-0.2, 0) is 14.8 Å². The fourth-order valence-electron chi connectivity index (χ4n) is 1.44. The second kappa shape index (κ2) is 4.82. The van der Waals surface area contributed by atoms with Crippen molar-refractivity contribution in [2.75, 3.05) is 20.3 Å². The summed E-state index contributed by atoms with van der Waals surface area (Å²) in [5, 5.41) is 0. The molecule has 0 saturated carbocycles. The van der Waals surface area contributed by atoms with Crippen LogP contribution in [0.3, 0.4) is 0 Å². The van der Waals surface area contributed by atoms with Crippen LogP contribution >= 0.6 is 0 Å². The van der Waals surface area contributed by atoms with Crippen molar-refractivity contribution in [3.63, 3.8) is 0 Å². The molecule has 0 bridgehead atoms. The number of methoxy groups -OCH3 is 1. The van der Waals surface area contributed by atoms with Gasteiger partial charge in [0.25, 0.3) is 0 Å². The van der Waals surface area contributed by atoms with Crippen LogP contribution in [0.4, 0.5) is 0 Å². The second-order valence-corrected chi connectivity index (χ2v) is 5.24. The molecule has 2 N–H and O–H groups in total. The van der Waals surface area contributed by atoms with Crippen molar-refractivity contribution < 1.29 is 13.2 Å². The van der Waals surface area contributed by atoms with Crippen molar-refractivity contribution in [3.05, 3.63) is 24.5 Å². The highest BCUT2D eigenvalue weighted by Crippen LogP contribution is 2.15. The number of hydrogen-bond donors (Lipinski definition) is 2. The van der Waals surface area contributed by atoms with Gasteiger partial charge in [0.1, 0.15) is 0 Å². The molecule has 1 aromatic carbocycles. The van der Waals surface area contributed by atoms with Crippen LogP contribution in [0, 0.1) is 0 Å². The number of nitrogens with zero attached hydrogens (tertiary/aromatic N) is 1. The van der Waals surface area contributed by atoms with Gasteiger partial charge in [-0.15, -0.1) is 0 Å². The maximum absolute atomic E-state index is 11.9. The molecule has 92 valence electrons. The smallest absolute Gasteiger partial charge is 0.240 e. The third-order valence-electron chi connectivity index (χ3n) is 2.30. The Bertz CT molecular complexity index is 606. The molecule has 0 radical (unpaired) electrons. The first kappa shape index (κ1) is 12.0. The summed E-state index contributed by atoms with van der Waals surface area (Å²) in [6, 6.07) is 4.74. The van der Waals surface area contributed by atoms with Gasteiger partial charge in [0.2, 0.25) is 10.0 Å². The fourth-order valence-corrected chi connectivity index (χ4v) is 2.48. The second-order valence-electron chi connectivity index (χ2n) is 3.47. The number of aromatic nitrogens is 2. The molecule has 0 aliphatic carbocycles. The Hall–Kier alpha value is -1.44. The highest BCUT2D eigenvalue weighted by Gasteiger charge is 2.13. The van der Waals surface area contributed by atoms with E-state index in [0.717, 1.165) is 5.52 Å². The van der Waals surface area contributed by atoms with E-state index in [9.17, 15) is 8.42 Å². The Morgan fingerprint density at radius 1 is 1.47 bits per heavy atom. The number of benzene rings is 1. The van der Waals surface area contributed by atoms with Gasteiger partial charge in [0.15, 0.2) is 0 Å². The van der Waals surface area contributed by atoms with Crippen molar-refractivity contribution in [1.82, 2.24) is 14.7 Å². The molecule has 0 amide bonds. The van der Waals surface area contributed by atoms with E-state index in [-0.39, 0.29) is 11.4 Å². The minimum atomic E-state index is -3.48. The minimum Gasteiger partial charge on any atom is -0.383 e. The van der Waals surface area contributed by atoms with Crippen molar-refractivity contribution in [2.45, 2.75) is 4.90 Å². The number of imidazole rings is 1. The maximum atomic E-state index is 11.9. The van der Waals surface area contributed by atoms with Crippen molar-refractivity contribution in [1.29, 1.82) is 0 Å². The van der Waals surface area contributed by atoms with Crippen LogP contribution in [-0.4, -0.2) is 38.6 Å². The van der Waals surface area contributed by atoms with E-state index >= 15 is 0 Å². The Balaban J connectivity index is 2.25. The summed E-state index contributed by atoms with van der Waals surface area (Å²) in [6.07, 6.45) is 1.53. The van der Waals surface area contributed by atoms with Crippen LogP contribution in [0.2, 0.25) is 0 Å². The van der Waals surface area contributed by atoms with E-state index in [1.165, 1.54) is 19.5 Å². The van der Waals surface area contributed by atoms with Gasteiger partial charge in [-0.1, -0.05) is 0 Å². The van der Waals surface area contributed by atoms with E-state index in [0.29, 0.717) is 12.1 Å². The van der Waals surface area contributed by atoms with Crippen molar-refractivity contribution >= 4 is 21.1 Å². The number of fused-ring (bicyclic) bond motifs is 1. The third-order valence-corrected chi connectivity index (χ3v) is 3.76. The van der Waals surface area contributed by atoms with E-state index in [4.69, 9.17) is 4.74 Å². The number of nitrogens with one attached hydrogen (secondary N) is 2. The summed E-state index contributed by atoms with van der Waals surface area (Å²) in [5.74, 6) is 0. The van der Waals surface area contributed by atoms with Crippen molar-refractivity contribution in [2.24, 2.45) is 0 Å². The fraction of sp³-hybridized carbons (Fsp3) is 0.300. The molecule has 6 nitrogen and oxygen atoms in total. The normalized spacial score (nSPS) is 12.1. The first-order chi connectivity index (χ1) is 8.13. The Labute approximate surface area is 99.1 Å². The molecule has 0 atom stereocenters. The SMILES string of the molecule is COCCNS(=O)(=O)c1ccc2nc[nH]c2c1. The molecule has 7 heteroatoms. The molecular formula is C10H13N3O3S. The van der Waals surface area contributed by atoms with E-state index < -0.39 is 10.0 Å². The summed E-state index contributed by atoms with van der Waals surface area (Å²) < 4.78 is 31.0. The van der Waals surface area contributed by atoms with Gasteiger partial charge in [-0.05, 0) is 18.2 Å². The molecule has 0 unspecified atom stereocenters. The highest BCUT2D eigenvalue weighted by molar-refractivity contribution is 7.89. The molecule has 17 heavy (non-hydrogen) atoms. The van der Waals surface area contributed by atoms with Gasteiger partial charge >= 0.3 is 0 Å². The Kier molecular flexibility index (Phi) is 3.41. The molecule has 0 aliphatic heterocycles. The Morgan fingerprint density at radius 2 is 2.29 bits per heavy atom. The van der Waals surface area contributed by atoms with Gasteiger partial charge in [0.05, 0.1) is 28.9 Å².